The number of amides is 1. The molecular formula is C23H30N2O7S. The molecule has 0 fully saturated rings. The summed E-state index contributed by atoms with van der Waals surface area (Å²) in [4.78, 5) is 24.6. The number of carbonyl (C=O) groups is 2. The van der Waals surface area contributed by atoms with Gasteiger partial charge in [0.15, 0.2) is 11.5 Å². The van der Waals surface area contributed by atoms with Gasteiger partial charge in [0.2, 0.25) is 15.9 Å². The van der Waals surface area contributed by atoms with E-state index in [1.807, 2.05) is 6.92 Å². The quantitative estimate of drug-likeness (QED) is 0.476. The Balaban J connectivity index is 2.08. The van der Waals surface area contributed by atoms with Crippen molar-refractivity contribution in [3.8, 4) is 11.5 Å². The Labute approximate surface area is 194 Å². The van der Waals surface area contributed by atoms with Crippen molar-refractivity contribution >= 4 is 21.9 Å². The number of benzene rings is 2. The monoisotopic (exact) mass is 478 g/mol. The van der Waals surface area contributed by atoms with Gasteiger partial charge in [-0.2, -0.15) is 0 Å². The lowest BCUT2D eigenvalue weighted by atomic mass is 10.0. The minimum atomic E-state index is -3.76. The Morgan fingerprint density at radius 1 is 0.970 bits per heavy atom. The Bertz CT molecular complexity index is 1100. The molecule has 180 valence electrons. The van der Waals surface area contributed by atoms with E-state index in [0.717, 1.165) is 5.56 Å². The Morgan fingerprint density at radius 3 is 2.27 bits per heavy atom. The predicted molar refractivity (Wildman–Crippen MR) is 123 cm³/mol. The van der Waals surface area contributed by atoms with Gasteiger partial charge >= 0.3 is 5.97 Å². The molecule has 10 heteroatoms. The zero-order chi connectivity index (χ0) is 24.6. The van der Waals surface area contributed by atoms with Gasteiger partial charge in [-0.25, -0.2) is 13.1 Å². The summed E-state index contributed by atoms with van der Waals surface area (Å²) in [5.41, 5.74) is 2.19. The lowest BCUT2D eigenvalue weighted by molar-refractivity contribution is -0.141. The van der Waals surface area contributed by atoms with Crippen LogP contribution < -0.4 is 19.5 Å². The minimum absolute atomic E-state index is 0.0988. The third kappa shape index (κ3) is 7.19. The molecule has 0 aliphatic carbocycles. The zero-order valence-electron chi connectivity index (χ0n) is 19.4. The molecule has 0 aliphatic heterocycles. The van der Waals surface area contributed by atoms with Crippen molar-refractivity contribution in [3.63, 3.8) is 0 Å². The molecule has 0 heterocycles. The summed E-state index contributed by atoms with van der Waals surface area (Å²) < 4.78 is 42.9. The van der Waals surface area contributed by atoms with Crippen LogP contribution in [0.25, 0.3) is 0 Å². The smallest absolute Gasteiger partial charge is 0.307 e. The third-order valence-corrected chi connectivity index (χ3v) is 6.63. The molecule has 9 nitrogen and oxygen atoms in total. The van der Waals surface area contributed by atoms with E-state index >= 15 is 0 Å². The van der Waals surface area contributed by atoms with Crippen molar-refractivity contribution in [2.45, 2.75) is 37.6 Å². The molecule has 2 aromatic rings. The summed E-state index contributed by atoms with van der Waals surface area (Å²) in [6, 6.07) is 9.38. The standard InChI is InChI=1S/C23H30N2O7S/c1-15-6-9-21(16(2)12-15)33(28,29)24-11-10-22(26)25-18(14-23(27)32-5)17-7-8-19(30-3)20(13-17)31-4/h6-9,12-13,18,24H,10-11,14H2,1-5H3,(H,25,26). The van der Waals surface area contributed by atoms with Crippen LogP contribution in [0, 0.1) is 13.8 Å². The van der Waals surface area contributed by atoms with Crippen LogP contribution in [0.2, 0.25) is 0 Å². The average molecular weight is 479 g/mol. The predicted octanol–water partition coefficient (Wildman–Crippen LogP) is 2.41. The number of nitrogens with one attached hydrogen (secondary N) is 2. The van der Waals surface area contributed by atoms with E-state index in [9.17, 15) is 18.0 Å². The molecule has 0 spiro atoms. The highest BCUT2D eigenvalue weighted by Crippen LogP contribution is 2.31. The van der Waals surface area contributed by atoms with Crippen molar-refractivity contribution in [1.29, 1.82) is 0 Å². The van der Waals surface area contributed by atoms with Gasteiger partial charge < -0.3 is 19.5 Å². The van der Waals surface area contributed by atoms with E-state index in [1.165, 1.54) is 27.4 Å². The van der Waals surface area contributed by atoms with E-state index in [-0.39, 0.29) is 24.3 Å². The van der Waals surface area contributed by atoms with Crippen molar-refractivity contribution in [1.82, 2.24) is 10.0 Å². The number of hydrogen-bond donors (Lipinski definition) is 2. The summed E-state index contributed by atoms with van der Waals surface area (Å²) in [5.74, 6) is 0.0122. The van der Waals surface area contributed by atoms with Crippen LogP contribution in [-0.4, -0.2) is 48.2 Å². The van der Waals surface area contributed by atoms with E-state index < -0.39 is 27.9 Å². The number of esters is 1. The SMILES string of the molecule is COC(=O)CC(NC(=O)CCNS(=O)(=O)c1ccc(C)cc1C)c1ccc(OC)c(OC)c1. The minimum Gasteiger partial charge on any atom is -0.493 e. The maximum atomic E-state index is 12.6. The first kappa shape index (κ1) is 26.1. The summed E-state index contributed by atoms with van der Waals surface area (Å²) in [6.07, 6.45) is -0.221. The second-order valence-corrected chi connectivity index (χ2v) is 9.17. The molecule has 1 unspecified atom stereocenters. The molecule has 0 saturated heterocycles. The van der Waals surface area contributed by atoms with Crippen molar-refractivity contribution < 1.29 is 32.2 Å². The number of carbonyl (C=O) groups excluding carboxylic acids is 2. The first-order valence-corrected chi connectivity index (χ1v) is 11.7. The normalized spacial score (nSPS) is 12.0. The van der Waals surface area contributed by atoms with Gasteiger partial charge in [0.05, 0.1) is 38.7 Å². The molecule has 2 rings (SSSR count). The molecule has 0 aliphatic rings. The van der Waals surface area contributed by atoms with E-state index in [1.54, 1.807) is 37.3 Å². The topological polar surface area (TPSA) is 120 Å². The zero-order valence-corrected chi connectivity index (χ0v) is 20.2. The molecule has 1 atom stereocenters. The summed E-state index contributed by atoms with van der Waals surface area (Å²) >= 11 is 0. The molecule has 0 aromatic heterocycles. The Kier molecular flexibility index (Phi) is 9.24. The molecule has 0 bridgehead atoms. The van der Waals surface area contributed by atoms with E-state index in [2.05, 4.69) is 10.0 Å². The second kappa shape index (κ2) is 11.7. The molecule has 0 saturated carbocycles. The fourth-order valence-electron chi connectivity index (χ4n) is 3.32. The van der Waals surface area contributed by atoms with Crippen molar-refractivity contribution in [2.24, 2.45) is 0 Å². The molecule has 2 aromatic carbocycles. The summed E-state index contributed by atoms with van der Waals surface area (Å²) in [5, 5.41) is 2.76. The van der Waals surface area contributed by atoms with Crippen LogP contribution in [0.3, 0.4) is 0 Å². The number of aryl methyl sites for hydroxylation is 2. The highest BCUT2D eigenvalue weighted by Gasteiger charge is 2.22. The fraction of sp³-hybridized carbons (Fsp3) is 0.391. The highest BCUT2D eigenvalue weighted by atomic mass is 32.2. The number of methoxy groups -OCH3 is 3. The average Bonchev–Trinajstić information content (AvgIpc) is 2.77. The van der Waals surface area contributed by atoms with Crippen LogP contribution in [0.5, 0.6) is 11.5 Å². The van der Waals surface area contributed by atoms with Gasteiger partial charge in [0.1, 0.15) is 0 Å². The van der Waals surface area contributed by atoms with E-state index in [0.29, 0.717) is 22.6 Å². The van der Waals surface area contributed by atoms with Crippen LogP contribution in [-0.2, 0) is 24.3 Å². The number of rotatable bonds is 11. The molecule has 1 amide bonds. The van der Waals surface area contributed by atoms with Crippen molar-refractivity contribution in [3.05, 3.63) is 53.1 Å². The van der Waals surface area contributed by atoms with Crippen LogP contribution in [0.4, 0.5) is 0 Å². The third-order valence-electron chi connectivity index (χ3n) is 5.01. The maximum absolute atomic E-state index is 12.6. The fourth-order valence-corrected chi connectivity index (χ4v) is 4.57. The van der Waals surface area contributed by atoms with Crippen LogP contribution >= 0.6 is 0 Å². The van der Waals surface area contributed by atoms with Gasteiger partial charge in [-0.15, -0.1) is 0 Å². The van der Waals surface area contributed by atoms with Gasteiger partial charge in [0, 0.05) is 13.0 Å². The highest BCUT2D eigenvalue weighted by molar-refractivity contribution is 7.89. The molecule has 33 heavy (non-hydrogen) atoms. The number of ether oxygens (including phenoxy) is 3. The van der Waals surface area contributed by atoms with Crippen LogP contribution in [0.15, 0.2) is 41.3 Å². The lowest BCUT2D eigenvalue weighted by Crippen LogP contribution is -2.34. The number of hydrogen-bond acceptors (Lipinski definition) is 7. The molecule has 0 radical (unpaired) electrons. The first-order chi connectivity index (χ1) is 15.6. The molecule has 2 N–H and O–H groups in total. The maximum Gasteiger partial charge on any atom is 0.307 e. The Morgan fingerprint density at radius 2 is 1.67 bits per heavy atom. The van der Waals surface area contributed by atoms with Gasteiger partial charge in [0.25, 0.3) is 0 Å². The van der Waals surface area contributed by atoms with Gasteiger partial charge in [-0.1, -0.05) is 23.8 Å². The summed E-state index contributed by atoms with van der Waals surface area (Å²) in [6.45, 7) is 3.50. The van der Waals surface area contributed by atoms with Gasteiger partial charge in [-0.05, 0) is 43.2 Å². The largest absolute Gasteiger partial charge is 0.493 e. The lowest BCUT2D eigenvalue weighted by Gasteiger charge is -2.20. The molecular weight excluding hydrogens is 448 g/mol. The first-order valence-electron chi connectivity index (χ1n) is 10.3. The van der Waals surface area contributed by atoms with Crippen molar-refractivity contribution in [2.75, 3.05) is 27.9 Å². The van der Waals surface area contributed by atoms with Gasteiger partial charge in [-0.3, -0.25) is 9.59 Å². The number of sulfonamides is 1. The van der Waals surface area contributed by atoms with Crippen LogP contribution in [0.1, 0.15) is 35.6 Å². The second-order valence-electron chi connectivity index (χ2n) is 7.43. The van der Waals surface area contributed by atoms with E-state index in [4.69, 9.17) is 14.2 Å². The summed E-state index contributed by atoms with van der Waals surface area (Å²) in [7, 11) is 0.491. The Hall–Kier alpha value is -3.11.